The van der Waals surface area contributed by atoms with Crippen LogP contribution in [0.5, 0.6) is 0 Å². The van der Waals surface area contributed by atoms with Crippen LogP contribution in [0.4, 0.5) is 0 Å². The van der Waals surface area contributed by atoms with Crippen molar-refractivity contribution in [3.63, 3.8) is 0 Å². The predicted octanol–water partition coefficient (Wildman–Crippen LogP) is 3.07. The van der Waals surface area contributed by atoms with Crippen LogP contribution in [-0.4, -0.2) is 10.5 Å². The minimum atomic E-state index is 0.179. The molecule has 0 saturated heterocycles. The fourth-order valence-corrected chi connectivity index (χ4v) is 1.71. The minimum Gasteiger partial charge on any atom is -0.305 e. The Bertz CT molecular complexity index is 270. The van der Waals surface area contributed by atoms with Crippen LogP contribution >= 0.6 is 22.9 Å². The number of hydrogen-bond acceptors (Lipinski definition) is 3. The topological polar surface area (TPSA) is 24.9 Å². The molecule has 0 aliphatic heterocycles. The van der Waals surface area contributed by atoms with Gasteiger partial charge in [0.15, 0.2) is 0 Å². The summed E-state index contributed by atoms with van der Waals surface area (Å²) in [6.07, 6.45) is 2.80. The SMILES string of the molecule is CCC(C)(C)NCc1ncc(Cl)s1. The molecule has 2 nitrogen and oxygen atoms in total. The second kappa shape index (κ2) is 4.40. The van der Waals surface area contributed by atoms with E-state index in [1.165, 1.54) is 11.3 Å². The minimum absolute atomic E-state index is 0.179. The summed E-state index contributed by atoms with van der Waals surface area (Å²) >= 11 is 7.30. The van der Waals surface area contributed by atoms with Crippen LogP contribution in [0, 0.1) is 0 Å². The van der Waals surface area contributed by atoms with Crippen molar-refractivity contribution in [2.24, 2.45) is 0 Å². The second-order valence-corrected chi connectivity index (χ2v) is 5.40. The van der Waals surface area contributed by atoms with Gasteiger partial charge in [-0.05, 0) is 20.3 Å². The van der Waals surface area contributed by atoms with Crippen LogP contribution in [0.3, 0.4) is 0 Å². The smallest absolute Gasteiger partial charge is 0.113 e. The Morgan fingerprint density at radius 3 is 2.77 bits per heavy atom. The number of nitrogens with zero attached hydrogens (tertiary/aromatic N) is 1. The van der Waals surface area contributed by atoms with E-state index in [0.717, 1.165) is 22.3 Å². The van der Waals surface area contributed by atoms with Crippen LogP contribution in [0.2, 0.25) is 4.34 Å². The lowest BCUT2D eigenvalue weighted by Gasteiger charge is -2.23. The molecular formula is C9H15ClN2S. The van der Waals surface area contributed by atoms with Gasteiger partial charge in [-0.15, -0.1) is 11.3 Å². The summed E-state index contributed by atoms with van der Waals surface area (Å²) in [6.45, 7) is 7.34. The van der Waals surface area contributed by atoms with Crippen molar-refractivity contribution in [2.45, 2.75) is 39.3 Å². The number of nitrogens with one attached hydrogen (secondary N) is 1. The molecule has 0 radical (unpaired) electrons. The van der Waals surface area contributed by atoms with E-state index in [1.807, 2.05) is 0 Å². The molecule has 0 bridgehead atoms. The van der Waals surface area contributed by atoms with E-state index < -0.39 is 0 Å². The van der Waals surface area contributed by atoms with Gasteiger partial charge in [0.05, 0.1) is 6.20 Å². The maximum atomic E-state index is 5.77. The van der Waals surface area contributed by atoms with Gasteiger partial charge in [0.1, 0.15) is 9.34 Å². The van der Waals surface area contributed by atoms with Crippen LogP contribution < -0.4 is 5.32 Å². The van der Waals surface area contributed by atoms with E-state index in [0.29, 0.717) is 0 Å². The monoisotopic (exact) mass is 218 g/mol. The molecule has 0 aliphatic carbocycles. The van der Waals surface area contributed by atoms with Crippen molar-refractivity contribution < 1.29 is 0 Å². The molecule has 1 aromatic heterocycles. The van der Waals surface area contributed by atoms with E-state index in [4.69, 9.17) is 11.6 Å². The van der Waals surface area contributed by atoms with E-state index in [9.17, 15) is 0 Å². The first-order valence-electron chi connectivity index (χ1n) is 4.39. The van der Waals surface area contributed by atoms with Gasteiger partial charge in [-0.2, -0.15) is 0 Å². The molecular weight excluding hydrogens is 204 g/mol. The molecule has 0 amide bonds. The van der Waals surface area contributed by atoms with Crippen LogP contribution in [0.1, 0.15) is 32.2 Å². The van der Waals surface area contributed by atoms with Crippen molar-refractivity contribution in [2.75, 3.05) is 0 Å². The molecule has 0 spiro atoms. The fourth-order valence-electron chi connectivity index (χ4n) is 0.810. The molecule has 0 fully saturated rings. The van der Waals surface area contributed by atoms with E-state index in [-0.39, 0.29) is 5.54 Å². The van der Waals surface area contributed by atoms with Crippen molar-refractivity contribution in [1.82, 2.24) is 10.3 Å². The Kier molecular flexibility index (Phi) is 3.71. The Labute approximate surface area is 88.3 Å². The normalized spacial score (nSPS) is 12.0. The lowest BCUT2D eigenvalue weighted by molar-refractivity contribution is 0.374. The summed E-state index contributed by atoms with van der Waals surface area (Å²) in [6, 6.07) is 0. The maximum Gasteiger partial charge on any atom is 0.113 e. The molecule has 0 unspecified atom stereocenters. The van der Waals surface area contributed by atoms with Crippen molar-refractivity contribution in [3.05, 3.63) is 15.5 Å². The Morgan fingerprint density at radius 2 is 2.31 bits per heavy atom. The van der Waals surface area contributed by atoms with Crippen LogP contribution in [0.25, 0.3) is 0 Å². The first-order chi connectivity index (χ1) is 6.03. The van der Waals surface area contributed by atoms with Gasteiger partial charge >= 0.3 is 0 Å². The van der Waals surface area contributed by atoms with Gasteiger partial charge < -0.3 is 5.32 Å². The Morgan fingerprint density at radius 1 is 1.62 bits per heavy atom. The Balaban J connectivity index is 2.43. The lowest BCUT2D eigenvalue weighted by atomic mass is 10.0. The molecule has 13 heavy (non-hydrogen) atoms. The molecule has 1 aromatic rings. The number of thiazole rings is 1. The average molecular weight is 219 g/mol. The fraction of sp³-hybridized carbons (Fsp3) is 0.667. The summed E-state index contributed by atoms with van der Waals surface area (Å²) in [5.41, 5.74) is 0.179. The molecule has 0 saturated carbocycles. The van der Waals surface area contributed by atoms with Gasteiger partial charge in [0.25, 0.3) is 0 Å². The quantitative estimate of drug-likeness (QED) is 0.840. The lowest BCUT2D eigenvalue weighted by Crippen LogP contribution is -2.37. The molecule has 0 aliphatic rings. The average Bonchev–Trinajstić information content (AvgIpc) is 2.48. The highest BCUT2D eigenvalue weighted by Gasteiger charge is 2.14. The number of hydrogen-bond donors (Lipinski definition) is 1. The summed E-state index contributed by atoms with van der Waals surface area (Å²) in [7, 11) is 0. The number of rotatable bonds is 4. The van der Waals surface area contributed by atoms with Gasteiger partial charge in [0, 0.05) is 12.1 Å². The largest absolute Gasteiger partial charge is 0.305 e. The summed E-state index contributed by atoms with van der Waals surface area (Å²) in [5, 5.41) is 4.48. The Hall–Kier alpha value is -0.120. The van der Waals surface area contributed by atoms with Crippen molar-refractivity contribution in [1.29, 1.82) is 0 Å². The van der Waals surface area contributed by atoms with Gasteiger partial charge in [-0.25, -0.2) is 4.98 Å². The molecule has 0 atom stereocenters. The standard InChI is InChI=1S/C9H15ClN2S/c1-4-9(2,3)12-6-8-11-5-7(10)13-8/h5,12H,4,6H2,1-3H3. The highest BCUT2D eigenvalue weighted by atomic mass is 35.5. The third kappa shape index (κ3) is 3.63. The molecule has 4 heteroatoms. The first kappa shape index (κ1) is 11.0. The highest BCUT2D eigenvalue weighted by molar-refractivity contribution is 7.15. The molecule has 0 aromatic carbocycles. The zero-order valence-electron chi connectivity index (χ0n) is 8.22. The molecule has 1 N–H and O–H groups in total. The second-order valence-electron chi connectivity index (χ2n) is 3.65. The van der Waals surface area contributed by atoms with Gasteiger partial charge in [0.2, 0.25) is 0 Å². The predicted molar refractivity (Wildman–Crippen MR) is 58.3 cm³/mol. The zero-order chi connectivity index (χ0) is 9.90. The number of halogens is 1. The first-order valence-corrected chi connectivity index (χ1v) is 5.58. The highest BCUT2D eigenvalue weighted by Crippen LogP contribution is 2.19. The summed E-state index contributed by atoms with van der Waals surface area (Å²) in [4.78, 5) is 4.18. The molecule has 1 heterocycles. The van der Waals surface area contributed by atoms with Crippen molar-refractivity contribution in [3.8, 4) is 0 Å². The van der Waals surface area contributed by atoms with Crippen LogP contribution in [0.15, 0.2) is 6.20 Å². The van der Waals surface area contributed by atoms with E-state index in [2.05, 4.69) is 31.1 Å². The summed E-state index contributed by atoms with van der Waals surface area (Å²) in [5.74, 6) is 0. The third-order valence-electron chi connectivity index (χ3n) is 2.13. The van der Waals surface area contributed by atoms with Crippen LogP contribution in [-0.2, 0) is 6.54 Å². The van der Waals surface area contributed by atoms with Crippen molar-refractivity contribution >= 4 is 22.9 Å². The van der Waals surface area contributed by atoms with E-state index in [1.54, 1.807) is 6.20 Å². The molecule has 74 valence electrons. The third-order valence-corrected chi connectivity index (χ3v) is 3.24. The van der Waals surface area contributed by atoms with Gasteiger partial charge in [-0.3, -0.25) is 0 Å². The number of aromatic nitrogens is 1. The molecule has 1 rings (SSSR count). The van der Waals surface area contributed by atoms with E-state index >= 15 is 0 Å². The maximum absolute atomic E-state index is 5.77. The van der Waals surface area contributed by atoms with Gasteiger partial charge in [-0.1, -0.05) is 18.5 Å². The summed E-state index contributed by atoms with van der Waals surface area (Å²) < 4.78 is 0.756. The zero-order valence-corrected chi connectivity index (χ0v) is 9.80.